The molecule has 4 heteroatoms. The second-order valence-corrected chi connectivity index (χ2v) is 3.30. The molecule has 2 N–H and O–H groups in total. The van der Waals surface area contributed by atoms with Crippen molar-refractivity contribution in [3.05, 3.63) is 42.5 Å². The van der Waals surface area contributed by atoms with E-state index in [2.05, 4.69) is 11.9 Å². The first-order chi connectivity index (χ1) is 8.17. The first-order valence-corrected chi connectivity index (χ1v) is 5.11. The van der Waals surface area contributed by atoms with Gasteiger partial charge in [0.05, 0.1) is 7.11 Å². The highest BCUT2D eigenvalue weighted by molar-refractivity contribution is 5.91. The molecule has 0 atom stereocenters. The van der Waals surface area contributed by atoms with Gasteiger partial charge in [-0.25, -0.2) is 0 Å². The lowest BCUT2D eigenvalue weighted by molar-refractivity contribution is -0.116. The molecule has 1 rings (SSSR count). The first-order valence-electron chi connectivity index (χ1n) is 5.11. The Balaban J connectivity index is 2.71. The molecule has 4 nitrogen and oxygen atoms in total. The molecule has 0 saturated heterocycles. The number of ether oxygens (including phenoxy) is 1. The van der Waals surface area contributed by atoms with E-state index in [0.29, 0.717) is 12.3 Å². The van der Waals surface area contributed by atoms with Crippen molar-refractivity contribution in [1.82, 2.24) is 5.32 Å². The van der Waals surface area contributed by atoms with Crippen LogP contribution in [-0.2, 0) is 4.79 Å². The van der Waals surface area contributed by atoms with Crippen LogP contribution in [0.1, 0.15) is 5.56 Å². The third-order valence-corrected chi connectivity index (χ3v) is 2.05. The summed E-state index contributed by atoms with van der Waals surface area (Å²) >= 11 is 0. The van der Waals surface area contributed by atoms with Gasteiger partial charge < -0.3 is 15.2 Å². The molecular weight excluding hydrogens is 218 g/mol. The summed E-state index contributed by atoms with van der Waals surface area (Å²) in [6.07, 6.45) is 4.66. The molecule has 0 aliphatic carbocycles. The summed E-state index contributed by atoms with van der Waals surface area (Å²) in [5.74, 6) is 0.247. The van der Waals surface area contributed by atoms with Crippen molar-refractivity contribution < 1.29 is 14.6 Å². The van der Waals surface area contributed by atoms with Crippen LogP contribution in [0.15, 0.2) is 36.9 Å². The van der Waals surface area contributed by atoms with Gasteiger partial charge in [-0.05, 0) is 23.8 Å². The summed E-state index contributed by atoms with van der Waals surface area (Å²) in [7, 11) is 1.47. The second-order valence-electron chi connectivity index (χ2n) is 3.30. The predicted octanol–water partition coefficient (Wildman–Crippen LogP) is 1.72. The maximum absolute atomic E-state index is 11.3. The molecule has 0 heterocycles. The molecule has 0 aromatic heterocycles. The average Bonchev–Trinajstić information content (AvgIpc) is 2.35. The molecule has 90 valence electrons. The van der Waals surface area contributed by atoms with Crippen LogP contribution in [0.25, 0.3) is 6.08 Å². The lowest BCUT2D eigenvalue weighted by atomic mass is 10.2. The Morgan fingerprint density at radius 2 is 2.35 bits per heavy atom. The van der Waals surface area contributed by atoms with Crippen molar-refractivity contribution >= 4 is 12.0 Å². The Morgan fingerprint density at radius 3 is 3.00 bits per heavy atom. The molecule has 1 aromatic rings. The molecular formula is C13H15NO3. The van der Waals surface area contributed by atoms with Crippen LogP contribution in [0.5, 0.6) is 11.5 Å². The lowest BCUT2D eigenvalue weighted by Gasteiger charge is -2.03. The van der Waals surface area contributed by atoms with E-state index in [1.54, 1.807) is 24.3 Å². The van der Waals surface area contributed by atoms with Crippen molar-refractivity contribution in [1.29, 1.82) is 0 Å². The molecule has 17 heavy (non-hydrogen) atoms. The van der Waals surface area contributed by atoms with Crippen LogP contribution in [0.2, 0.25) is 0 Å². The van der Waals surface area contributed by atoms with E-state index < -0.39 is 0 Å². The Morgan fingerprint density at radius 1 is 1.59 bits per heavy atom. The van der Waals surface area contributed by atoms with Crippen LogP contribution < -0.4 is 10.1 Å². The third-order valence-electron chi connectivity index (χ3n) is 2.05. The van der Waals surface area contributed by atoms with Gasteiger partial charge in [-0.15, -0.1) is 6.58 Å². The summed E-state index contributed by atoms with van der Waals surface area (Å²) in [6.45, 7) is 3.93. The minimum Gasteiger partial charge on any atom is -0.504 e. The van der Waals surface area contributed by atoms with Gasteiger partial charge >= 0.3 is 0 Å². The van der Waals surface area contributed by atoms with Crippen molar-refractivity contribution in [2.45, 2.75) is 0 Å². The fraction of sp³-hybridized carbons (Fsp3) is 0.154. The number of methoxy groups -OCH3 is 1. The number of rotatable bonds is 5. The number of aromatic hydroxyl groups is 1. The van der Waals surface area contributed by atoms with E-state index in [4.69, 9.17) is 4.74 Å². The zero-order valence-corrected chi connectivity index (χ0v) is 9.64. The van der Waals surface area contributed by atoms with E-state index in [1.165, 1.54) is 19.3 Å². The number of carbonyl (C=O) groups excluding carboxylic acids is 1. The second kappa shape index (κ2) is 6.37. The number of amides is 1. The number of nitrogens with one attached hydrogen (secondary N) is 1. The van der Waals surface area contributed by atoms with E-state index in [9.17, 15) is 9.90 Å². The summed E-state index contributed by atoms with van der Waals surface area (Å²) in [6, 6.07) is 4.85. The number of benzene rings is 1. The summed E-state index contributed by atoms with van der Waals surface area (Å²) in [4.78, 5) is 11.3. The fourth-order valence-electron chi connectivity index (χ4n) is 1.20. The van der Waals surface area contributed by atoms with E-state index in [1.807, 2.05) is 0 Å². The largest absolute Gasteiger partial charge is 0.504 e. The SMILES string of the molecule is C=CCNC(=O)/C=C/c1ccc(O)c(OC)c1. The van der Waals surface area contributed by atoms with Gasteiger partial charge in [0.1, 0.15) is 0 Å². The molecule has 0 unspecified atom stereocenters. The van der Waals surface area contributed by atoms with Gasteiger partial charge in [0.2, 0.25) is 5.91 Å². The van der Waals surface area contributed by atoms with Crippen LogP contribution >= 0.6 is 0 Å². The highest BCUT2D eigenvalue weighted by Crippen LogP contribution is 2.26. The molecule has 0 radical (unpaired) electrons. The number of phenols is 1. The highest BCUT2D eigenvalue weighted by atomic mass is 16.5. The minimum absolute atomic E-state index is 0.0701. The van der Waals surface area contributed by atoms with Gasteiger partial charge in [0.25, 0.3) is 0 Å². The summed E-state index contributed by atoms with van der Waals surface area (Å²) in [5.41, 5.74) is 0.772. The zero-order chi connectivity index (χ0) is 12.7. The number of carbonyl (C=O) groups is 1. The quantitative estimate of drug-likeness (QED) is 0.601. The monoisotopic (exact) mass is 233 g/mol. The smallest absolute Gasteiger partial charge is 0.244 e. The molecule has 0 aliphatic heterocycles. The summed E-state index contributed by atoms with van der Waals surface area (Å²) < 4.78 is 4.96. The van der Waals surface area contributed by atoms with Gasteiger partial charge in [-0.3, -0.25) is 4.79 Å². The van der Waals surface area contributed by atoms with Crippen LogP contribution in [-0.4, -0.2) is 24.7 Å². The zero-order valence-electron chi connectivity index (χ0n) is 9.64. The van der Waals surface area contributed by atoms with Crippen LogP contribution in [0.4, 0.5) is 0 Å². The Kier molecular flexibility index (Phi) is 4.81. The van der Waals surface area contributed by atoms with E-state index in [-0.39, 0.29) is 11.7 Å². The average molecular weight is 233 g/mol. The first kappa shape index (κ1) is 12.8. The highest BCUT2D eigenvalue weighted by Gasteiger charge is 2.00. The summed E-state index contributed by atoms with van der Waals surface area (Å²) in [5, 5.41) is 12.0. The van der Waals surface area contributed by atoms with Crippen molar-refractivity contribution in [3.63, 3.8) is 0 Å². The number of hydrogen-bond donors (Lipinski definition) is 2. The fourth-order valence-corrected chi connectivity index (χ4v) is 1.20. The Hall–Kier alpha value is -2.23. The minimum atomic E-state index is -0.197. The van der Waals surface area contributed by atoms with Crippen molar-refractivity contribution in [2.75, 3.05) is 13.7 Å². The van der Waals surface area contributed by atoms with Gasteiger partial charge in [0, 0.05) is 12.6 Å². The third kappa shape index (κ3) is 4.03. The van der Waals surface area contributed by atoms with Crippen molar-refractivity contribution in [2.24, 2.45) is 0 Å². The van der Waals surface area contributed by atoms with Gasteiger partial charge in [0.15, 0.2) is 11.5 Å². The Bertz CT molecular complexity index is 438. The van der Waals surface area contributed by atoms with Gasteiger partial charge in [-0.1, -0.05) is 12.1 Å². The standard InChI is InChI=1S/C13H15NO3/c1-3-8-14-13(16)7-5-10-4-6-11(15)12(9-10)17-2/h3-7,9,15H,1,8H2,2H3,(H,14,16)/b7-5+. The molecule has 0 aliphatic rings. The predicted molar refractivity (Wildman–Crippen MR) is 66.9 cm³/mol. The van der Waals surface area contributed by atoms with E-state index >= 15 is 0 Å². The maximum Gasteiger partial charge on any atom is 0.244 e. The molecule has 1 amide bonds. The van der Waals surface area contributed by atoms with Crippen LogP contribution in [0, 0.1) is 0 Å². The van der Waals surface area contributed by atoms with Crippen LogP contribution in [0.3, 0.4) is 0 Å². The maximum atomic E-state index is 11.3. The lowest BCUT2D eigenvalue weighted by Crippen LogP contribution is -2.20. The van der Waals surface area contributed by atoms with Crippen molar-refractivity contribution in [3.8, 4) is 11.5 Å². The van der Waals surface area contributed by atoms with E-state index in [0.717, 1.165) is 5.56 Å². The number of phenolic OH excluding ortho intramolecular Hbond substituents is 1. The Labute approximate surface area is 100 Å². The van der Waals surface area contributed by atoms with Gasteiger partial charge in [-0.2, -0.15) is 0 Å². The molecule has 0 spiro atoms. The molecule has 0 saturated carbocycles. The molecule has 0 bridgehead atoms. The molecule has 1 aromatic carbocycles. The normalized spacial score (nSPS) is 10.2. The number of hydrogen-bond acceptors (Lipinski definition) is 3. The topological polar surface area (TPSA) is 58.6 Å². The molecule has 0 fully saturated rings.